The molecule has 0 aliphatic carbocycles. The van der Waals surface area contributed by atoms with E-state index >= 15 is 0 Å². The number of carbonyl (C=O) groups is 2. The highest BCUT2D eigenvalue weighted by molar-refractivity contribution is 5.76. The van der Waals surface area contributed by atoms with Crippen LogP contribution in [-0.4, -0.2) is 47.4 Å². The average Bonchev–Trinajstić information content (AvgIpc) is 3.48. The maximum absolute atomic E-state index is 12.5. The van der Waals surface area contributed by atoms with Crippen molar-refractivity contribution in [1.82, 2.24) is 5.32 Å². The van der Waals surface area contributed by atoms with Gasteiger partial charge in [-0.2, -0.15) is 0 Å². The maximum atomic E-state index is 12.5. The number of amides is 1. The molecule has 0 radical (unpaired) electrons. The van der Waals surface area contributed by atoms with Gasteiger partial charge in [0.2, 0.25) is 5.91 Å². The zero-order chi connectivity index (χ0) is 59.2. The van der Waals surface area contributed by atoms with Crippen molar-refractivity contribution < 1.29 is 24.5 Å². The lowest BCUT2D eigenvalue weighted by Gasteiger charge is -2.20. The predicted molar refractivity (Wildman–Crippen MR) is 361 cm³/mol. The number of esters is 1. The van der Waals surface area contributed by atoms with Crippen molar-refractivity contribution in [3.8, 4) is 0 Å². The van der Waals surface area contributed by atoms with Crippen LogP contribution in [0.25, 0.3) is 0 Å². The van der Waals surface area contributed by atoms with Gasteiger partial charge in [-0.15, -0.1) is 0 Å². The third-order valence-electron chi connectivity index (χ3n) is 17.7. The largest absolute Gasteiger partial charge is 0.466 e. The van der Waals surface area contributed by atoms with E-state index in [9.17, 15) is 19.8 Å². The van der Waals surface area contributed by atoms with E-state index in [-0.39, 0.29) is 18.5 Å². The highest BCUT2D eigenvalue weighted by atomic mass is 16.5. The molecule has 0 aromatic heterocycles. The molecule has 3 N–H and O–H groups in total. The summed E-state index contributed by atoms with van der Waals surface area (Å²) in [6.07, 6.45) is 91.4. The number of hydrogen-bond acceptors (Lipinski definition) is 5. The molecular formula is C76H147NO5. The van der Waals surface area contributed by atoms with Gasteiger partial charge in [0.1, 0.15) is 0 Å². The molecule has 0 aromatic carbocycles. The van der Waals surface area contributed by atoms with Crippen LogP contribution < -0.4 is 5.32 Å². The van der Waals surface area contributed by atoms with E-state index in [1.54, 1.807) is 6.08 Å². The van der Waals surface area contributed by atoms with Gasteiger partial charge >= 0.3 is 5.97 Å². The molecule has 0 heterocycles. The van der Waals surface area contributed by atoms with E-state index in [0.29, 0.717) is 19.4 Å². The van der Waals surface area contributed by atoms with Gasteiger partial charge in [-0.3, -0.25) is 9.59 Å². The van der Waals surface area contributed by atoms with Crippen molar-refractivity contribution in [2.24, 2.45) is 0 Å². The van der Waals surface area contributed by atoms with Crippen LogP contribution in [0.4, 0.5) is 0 Å². The number of allylic oxidation sites excluding steroid dienone is 3. The van der Waals surface area contributed by atoms with Crippen molar-refractivity contribution in [3.63, 3.8) is 0 Å². The highest BCUT2D eigenvalue weighted by Crippen LogP contribution is 2.19. The van der Waals surface area contributed by atoms with Crippen LogP contribution in [0.3, 0.4) is 0 Å². The van der Waals surface area contributed by atoms with Gasteiger partial charge in [0.05, 0.1) is 25.4 Å². The normalized spacial score (nSPS) is 12.6. The van der Waals surface area contributed by atoms with Crippen LogP contribution in [-0.2, 0) is 14.3 Å². The fraction of sp³-hybridized carbons (Fsp3) is 0.921. The molecule has 6 nitrogen and oxygen atoms in total. The molecule has 1 amide bonds. The molecule has 0 saturated carbocycles. The summed E-state index contributed by atoms with van der Waals surface area (Å²) in [5.41, 5.74) is 0. The zero-order valence-corrected chi connectivity index (χ0v) is 55.8. The number of aliphatic hydroxyl groups is 2. The van der Waals surface area contributed by atoms with E-state index in [1.165, 1.54) is 360 Å². The number of rotatable bonds is 71. The Kier molecular flexibility index (Phi) is 70.4. The topological polar surface area (TPSA) is 95.9 Å². The summed E-state index contributed by atoms with van der Waals surface area (Å²) in [6, 6.07) is -0.626. The molecule has 6 heteroatoms. The molecule has 0 spiro atoms. The Morgan fingerprint density at radius 2 is 0.573 bits per heavy atom. The van der Waals surface area contributed by atoms with Crippen molar-refractivity contribution in [3.05, 3.63) is 24.3 Å². The Labute approximate surface area is 513 Å². The summed E-state index contributed by atoms with van der Waals surface area (Å²) in [6.45, 7) is 4.95. The van der Waals surface area contributed by atoms with Gasteiger partial charge < -0.3 is 20.3 Å². The molecule has 0 bridgehead atoms. The first-order valence-electron chi connectivity index (χ1n) is 37.6. The number of hydrogen-bond donors (Lipinski definition) is 3. The second-order valence-corrected chi connectivity index (χ2v) is 26.0. The Bertz CT molecular complexity index is 1280. The summed E-state index contributed by atoms with van der Waals surface area (Å²) in [7, 11) is 0. The molecule has 2 atom stereocenters. The van der Waals surface area contributed by atoms with Crippen LogP contribution in [0.2, 0.25) is 0 Å². The summed E-state index contributed by atoms with van der Waals surface area (Å²) in [5.74, 6) is -0.0408. The average molecular weight is 1160 g/mol. The van der Waals surface area contributed by atoms with Gasteiger partial charge in [-0.1, -0.05) is 378 Å². The van der Waals surface area contributed by atoms with Crippen molar-refractivity contribution in [2.75, 3.05) is 13.2 Å². The van der Waals surface area contributed by atoms with Gasteiger partial charge in [-0.05, 0) is 57.8 Å². The van der Waals surface area contributed by atoms with Crippen LogP contribution in [0.5, 0.6) is 0 Å². The van der Waals surface area contributed by atoms with E-state index in [4.69, 9.17) is 4.74 Å². The summed E-state index contributed by atoms with van der Waals surface area (Å²) in [5, 5.41) is 23.3. The number of ether oxygens (including phenoxy) is 1. The van der Waals surface area contributed by atoms with E-state index in [2.05, 4.69) is 31.3 Å². The lowest BCUT2D eigenvalue weighted by Crippen LogP contribution is -2.45. The van der Waals surface area contributed by atoms with Crippen molar-refractivity contribution in [1.29, 1.82) is 0 Å². The smallest absolute Gasteiger partial charge is 0.305 e. The molecule has 486 valence electrons. The minimum absolute atomic E-state index is 0.0203. The first-order chi connectivity index (χ1) is 40.5. The number of carbonyl (C=O) groups excluding carboxylic acids is 2. The fourth-order valence-corrected chi connectivity index (χ4v) is 12.0. The summed E-state index contributed by atoms with van der Waals surface area (Å²) >= 11 is 0. The first-order valence-corrected chi connectivity index (χ1v) is 37.6. The summed E-state index contributed by atoms with van der Waals surface area (Å²) in [4.78, 5) is 24.6. The lowest BCUT2D eigenvalue weighted by molar-refractivity contribution is -0.143. The predicted octanol–water partition coefficient (Wildman–Crippen LogP) is 24.5. The van der Waals surface area contributed by atoms with Gasteiger partial charge in [0.25, 0.3) is 0 Å². The van der Waals surface area contributed by atoms with Crippen LogP contribution in [0.15, 0.2) is 24.3 Å². The summed E-state index contributed by atoms with van der Waals surface area (Å²) < 4.78 is 5.49. The number of unbranched alkanes of at least 4 members (excludes halogenated alkanes) is 58. The Hall–Kier alpha value is -1.66. The third-order valence-corrected chi connectivity index (χ3v) is 17.7. The Morgan fingerprint density at radius 1 is 0.329 bits per heavy atom. The standard InChI is InChI=1S/C76H147NO5/c1-3-5-7-9-11-13-15-17-18-19-20-35-38-41-45-48-52-56-60-64-68-74(79)73(72-78)77-75(80)69-65-61-57-53-49-46-42-39-36-33-31-29-27-25-23-21-22-24-26-28-30-32-34-37-40-43-47-51-55-59-63-67-71-82-76(81)70-66-62-58-54-50-44-16-14-12-10-8-6-4-2/h24,26,64,68,73-74,78-79H,3-23,25,27-63,65-67,69-72H2,1-2H3,(H,77,80)/b26-24-,68-64+. The molecule has 0 rings (SSSR count). The van der Waals surface area contributed by atoms with Crippen LogP contribution in [0, 0.1) is 0 Å². The van der Waals surface area contributed by atoms with Crippen molar-refractivity contribution >= 4 is 11.9 Å². The first kappa shape index (κ1) is 80.3. The maximum Gasteiger partial charge on any atom is 0.305 e. The molecule has 0 aliphatic heterocycles. The van der Waals surface area contributed by atoms with E-state index in [1.807, 2.05) is 6.08 Å². The monoisotopic (exact) mass is 1150 g/mol. The molecular weight excluding hydrogens is 1010 g/mol. The Morgan fingerprint density at radius 3 is 0.866 bits per heavy atom. The zero-order valence-electron chi connectivity index (χ0n) is 55.8. The third kappa shape index (κ3) is 67.5. The SMILES string of the molecule is CCCCCCCCCCCCCCCCCCCC/C=C/C(O)C(CO)NC(=O)CCCCCCCCCCCCCCCCCC/C=C\CCCCCCCCCCCCCCOC(=O)CCCCCCCCCCCCCCC. The highest BCUT2D eigenvalue weighted by Gasteiger charge is 2.18. The molecule has 0 aromatic rings. The second-order valence-electron chi connectivity index (χ2n) is 26.0. The lowest BCUT2D eigenvalue weighted by atomic mass is 10.0. The fourth-order valence-electron chi connectivity index (χ4n) is 12.0. The Balaban J connectivity index is 3.37. The minimum Gasteiger partial charge on any atom is -0.466 e. The van der Waals surface area contributed by atoms with Gasteiger partial charge in [0.15, 0.2) is 0 Å². The van der Waals surface area contributed by atoms with Crippen LogP contribution in [0.1, 0.15) is 425 Å². The number of nitrogens with one attached hydrogen (secondary N) is 1. The van der Waals surface area contributed by atoms with Gasteiger partial charge in [0, 0.05) is 12.8 Å². The van der Waals surface area contributed by atoms with Crippen LogP contribution >= 0.6 is 0 Å². The quantitative estimate of drug-likeness (QED) is 0.0320. The molecule has 0 saturated heterocycles. The molecule has 82 heavy (non-hydrogen) atoms. The van der Waals surface area contributed by atoms with E-state index < -0.39 is 12.1 Å². The minimum atomic E-state index is -0.843. The van der Waals surface area contributed by atoms with Gasteiger partial charge in [-0.25, -0.2) is 0 Å². The molecule has 0 aliphatic rings. The number of aliphatic hydroxyl groups excluding tert-OH is 2. The molecule has 2 unspecified atom stereocenters. The van der Waals surface area contributed by atoms with E-state index in [0.717, 1.165) is 38.5 Å². The second kappa shape index (κ2) is 71.8. The molecule has 0 fully saturated rings. The van der Waals surface area contributed by atoms with Crippen molar-refractivity contribution in [2.45, 2.75) is 437 Å².